The molecule has 0 saturated heterocycles. The summed E-state index contributed by atoms with van der Waals surface area (Å²) in [6.45, 7) is 9.98. The summed E-state index contributed by atoms with van der Waals surface area (Å²) in [4.78, 5) is 24.4. The maximum absolute atomic E-state index is 12.2. The van der Waals surface area contributed by atoms with Crippen molar-refractivity contribution in [1.29, 1.82) is 0 Å². The van der Waals surface area contributed by atoms with E-state index < -0.39 is 0 Å². The van der Waals surface area contributed by atoms with E-state index in [1.165, 1.54) is 32.1 Å². The number of carbonyl (C=O) groups is 2. The van der Waals surface area contributed by atoms with Crippen LogP contribution < -0.4 is 0 Å². The molecule has 0 amide bonds. The van der Waals surface area contributed by atoms with E-state index in [9.17, 15) is 9.59 Å². The second-order valence-electron chi connectivity index (χ2n) is 9.72. The van der Waals surface area contributed by atoms with E-state index in [4.69, 9.17) is 9.47 Å². The summed E-state index contributed by atoms with van der Waals surface area (Å²) >= 11 is 0. The molecule has 170 valence electrons. The summed E-state index contributed by atoms with van der Waals surface area (Å²) in [5.41, 5.74) is 0. The van der Waals surface area contributed by atoms with Gasteiger partial charge in [0.1, 0.15) is 0 Å². The van der Waals surface area contributed by atoms with E-state index in [1.54, 1.807) is 0 Å². The highest BCUT2D eigenvalue weighted by Crippen LogP contribution is 2.30. The summed E-state index contributed by atoms with van der Waals surface area (Å²) in [6.07, 6.45) is 13.6. The lowest BCUT2D eigenvalue weighted by Gasteiger charge is -2.26. The van der Waals surface area contributed by atoms with Crippen LogP contribution in [0.1, 0.15) is 111 Å². The molecule has 1 aliphatic rings. The van der Waals surface area contributed by atoms with Crippen molar-refractivity contribution in [3.8, 4) is 0 Å². The Hall–Kier alpha value is -1.06. The Labute approximate surface area is 179 Å². The van der Waals surface area contributed by atoms with E-state index >= 15 is 0 Å². The monoisotopic (exact) mass is 410 g/mol. The van der Waals surface area contributed by atoms with Gasteiger partial charge in [0.2, 0.25) is 0 Å². The highest BCUT2D eigenvalue weighted by Gasteiger charge is 2.31. The van der Waals surface area contributed by atoms with Crippen LogP contribution in [-0.2, 0) is 19.1 Å². The lowest BCUT2D eigenvalue weighted by atomic mass is 9.82. The molecule has 0 aromatic carbocycles. The van der Waals surface area contributed by atoms with Gasteiger partial charge in [-0.05, 0) is 56.8 Å². The van der Waals surface area contributed by atoms with Crippen molar-refractivity contribution >= 4 is 11.9 Å². The van der Waals surface area contributed by atoms with Gasteiger partial charge in [0, 0.05) is 0 Å². The van der Waals surface area contributed by atoms with Crippen molar-refractivity contribution < 1.29 is 19.1 Å². The Morgan fingerprint density at radius 1 is 0.621 bits per heavy atom. The Balaban J connectivity index is 2.02. The Kier molecular flexibility index (Phi) is 14.1. The van der Waals surface area contributed by atoms with Crippen LogP contribution in [0.5, 0.6) is 0 Å². The molecular weight excluding hydrogens is 364 g/mol. The summed E-state index contributed by atoms with van der Waals surface area (Å²) in [6, 6.07) is 0. The van der Waals surface area contributed by atoms with Crippen LogP contribution in [0.25, 0.3) is 0 Å². The van der Waals surface area contributed by atoms with Crippen molar-refractivity contribution in [3.05, 3.63) is 0 Å². The van der Waals surface area contributed by atoms with Gasteiger partial charge >= 0.3 is 11.9 Å². The highest BCUT2D eigenvalue weighted by molar-refractivity contribution is 5.75. The van der Waals surface area contributed by atoms with E-state index in [-0.39, 0.29) is 23.8 Å². The number of unbranched alkanes of at least 4 members (excludes halogenated alkanes) is 5. The third-order valence-electron chi connectivity index (χ3n) is 5.98. The minimum absolute atomic E-state index is 0.0315. The first-order valence-electron chi connectivity index (χ1n) is 12.2. The summed E-state index contributed by atoms with van der Waals surface area (Å²) in [7, 11) is 0. The maximum Gasteiger partial charge on any atom is 0.308 e. The zero-order valence-corrected chi connectivity index (χ0v) is 19.5. The lowest BCUT2D eigenvalue weighted by molar-refractivity contribution is -0.155. The van der Waals surface area contributed by atoms with Crippen LogP contribution in [0.2, 0.25) is 0 Å². The summed E-state index contributed by atoms with van der Waals surface area (Å²) in [5, 5.41) is 0. The lowest BCUT2D eigenvalue weighted by Crippen LogP contribution is -2.28. The number of ether oxygens (including phenoxy) is 2. The third kappa shape index (κ3) is 13.0. The van der Waals surface area contributed by atoms with Crippen molar-refractivity contribution in [2.24, 2.45) is 23.7 Å². The molecule has 0 aromatic rings. The molecule has 0 bridgehead atoms. The molecule has 4 heteroatoms. The molecule has 0 spiro atoms. The van der Waals surface area contributed by atoms with Gasteiger partial charge in [-0.2, -0.15) is 0 Å². The summed E-state index contributed by atoms with van der Waals surface area (Å²) in [5.74, 6) is 1.25. The first-order chi connectivity index (χ1) is 13.9. The fraction of sp³-hybridized carbons (Fsp3) is 0.920. The molecule has 1 fully saturated rings. The van der Waals surface area contributed by atoms with E-state index in [2.05, 4.69) is 27.7 Å². The second kappa shape index (κ2) is 15.7. The minimum Gasteiger partial charge on any atom is -0.465 e. The number of rotatable bonds is 15. The molecule has 0 N–H and O–H groups in total. The van der Waals surface area contributed by atoms with Gasteiger partial charge in [-0.15, -0.1) is 0 Å². The second-order valence-corrected chi connectivity index (χ2v) is 9.72. The van der Waals surface area contributed by atoms with Gasteiger partial charge in [-0.3, -0.25) is 9.59 Å². The van der Waals surface area contributed by atoms with E-state index in [0.717, 1.165) is 57.3 Å². The van der Waals surface area contributed by atoms with Gasteiger partial charge in [0.15, 0.2) is 0 Å². The molecule has 1 saturated carbocycles. The van der Waals surface area contributed by atoms with Gasteiger partial charge in [0.05, 0.1) is 25.0 Å². The predicted octanol–water partition coefficient (Wildman–Crippen LogP) is 6.70. The average molecular weight is 411 g/mol. The van der Waals surface area contributed by atoms with Crippen molar-refractivity contribution in [1.82, 2.24) is 0 Å². The molecular formula is C25H46O4. The first-order valence-corrected chi connectivity index (χ1v) is 12.2. The predicted molar refractivity (Wildman–Crippen MR) is 119 cm³/mol. The fourth-order valence-corrected chi connectivity index (χ4v) is 4.00. The van der Waals surface area contributed by atoms with Crippen LogP contribution in [0.3, 0.4) is 0 Å². The third-order valence-corrected chi connectivity index (χ3v) is 5.98. The van der Waals surface area contributed by atoms with E-state index in [1.807, 2.05) is 0 Å². The number of carbonyl (C=O) groups excluding carboxylic acids is 2. The quantitative estimate of drug-likeness (QED) is 0.222. The summed E-state index contributed by atoms with van der Waals surface area (Å²) < 4.78 is 10.9. The normalized spacial score (nSPS) is 19.5. The Morgan fingerprint density at radius 3 is 1.48 bits per heavy atom. The zero-order valence-electron chi connectivity index (χ0n) is 19.5. The topological polar surface area (TPSA) is 52.6 Å². The number of hydrogen-bond donors (Lipinski definition) is 0. The van der Waals surface area contributed by atoms with Crippen LogP contribution in [0.4, 0.5) is 0 Å². The molecule has 4 nitrogen and oxygen atoms in total. The molecule has 29 heavy (non-hydrogen) atoms. The van der Waals surface area contributed by atoms with Crippen LogP contribution in [0.15, 0.2) is 0 Å². The molecule has 0 heterocycles. The largest absolute Gasteiger partial charge is 0.465 e. The SMILES string of the molecule is CC(C)CCCCCCCCOC(=O)C1CCC(C(=O)OCCCC(C)C)CC1. The smallest absolute Gasteiger partial charge is 0.308 e. The number of esters is 2. The Morgan fingerprint density at radius 2 is 1.00 bits per heavy atom. The molecule has 0 aromatic heterocycles. The first kappa shape index (κ1) is 26.0. The van der Waals surface area contributed by atoms with Crippen molar-refractivity contribution in [2.45, 2.75) is 111 Å². The molecule has 0 atom stereocenters. The maximum atomic E-state index is 12.2. The fourth-order valence-electron chi connectivity index (χ4n) is 4.00. The molecule has 0 aliphatic heterocycles. The minimum atomic E-state index is -0.0750. The average Bonchev–Trinajstić information content (AvgIpc) is 2.69. The van der Waals surface area contributed by atoms with Crippen LogP contribution in [-0.4, -0.2) is 25.2 Å². The van der Waals surface area contributed by atoms with Gasteiger partial charge in [0.25, 0.3) is 0 Å². The van der Waals surface area contributed by atoms with Crippen LogP contribution >= 0.6 is 0 Å². The van der Waals surface area contributed by atoms with Gasteiger partial charge < -0.3 is 9.47 Å². The van der Waals surface area contributed by atoms with Gasteiger partial charge in [-0.25, -0.2) is 0 Å². The van der Waals surface area contributed by atoms with Crippen molar-refractivity contribution in [3.63, 3.8) is 0 Å². The molecule has 0 radical (unpaired) electrons. The standard InChI is InChI=1S/C25H46O4/c1-20(2)12-9-7-5-6-8-10-18-28-24(26)22-14-16-23(17-15-22)25(27)29-19-11-13-21(3)4/h20-23H,5-19H2,1-4H3. The van der Waals surface area contributed by atoms with Gasteiger partial charge in [-0.1, -0.05) is 66.2 Å². The zero-order chi connectivity index (χ0) is 21.5. The number of hydrogen-bond acceptors (Lipinski definition) is 4. The molecule has 0 unspecified atom stereocenters. The van der Waals surface area contributed by atoms with Crippen LogP contribution in [0, 0.1) is 23.7 Å². The van der Waals surface area contributed by atoms with Crippen molar-refractivity contribution in [2.75, 3.05) is 13.2 Å². The highest BCUT2D eigenvalue weighted by atomic mass is 16.5. The molecule has 1 rings (SSSR count). The van der Waals surface area contributed by atoms with E-state index in [0.29, 0.717) is 19.1 Å². The Bertz CT molecular complexity index is 436. The molecule has 1 aliphatic carbocycles.